The second-order valence-electron chi connectivity index (χ2n) is 11.0. The van der Waals surface area contributed by atoms with E-state index in [1.54, 1.807) is 0 Å². The Bertz CT molecular complexity index is 853. The molecule has 2 unspecified atom stereocenters. The Morgan fingerprint density at radius 1 is 0.583 bits per heavy atom. The minimum absolute atomic E-state index is 0. The van der Waals surface area contributed by atoms with E-state index in [9.17, 15) is 0 Å². The third-order valence-corrected chi connectivity index (χ3v) is 7.10. The SMILES string of the molecule is CC(C)c1cccc(C(C)C)c1N=CC1CCCC1C=Nc1c(C(C)C)cccc1C(C)C.[CH3-].[CH3-].[Pd+2]. The van der Waals surface area contributed by atoms with Gasteiger partial charge in [-0.05, 0) is 58.8 Å². The molecule has 2 atom stereocenters. The van der Waals surface area contributed by atoms with Gasteiger partial charge < -0.3 is 14.9 Å². The van der Waals surface area contributed by atoms with Gasteiger partial charge in [-0.25, -0.2) is 0 Å². The fourth-order valence-corrected chi connectivity index (χ4v) is 5.05. The molecule has 2 nitrogen and oxygen atoms in total. The van der Waals surface area contributed by atoms with Crippen molar-refractivity contribution in [1.82, 2.24) is 0 Å². The number of hydrogen-bond acceptors (Lipinski definition) is 2. The first-order chi connectivity index (χ1) is 15.7. The van der Waals surface area contributed by atoms with Crippen LogP contribution in [0.2, 0.25) is 0 Å². The van der Waals surface area contributed by atoms with Crippen LogP contribution in [-0.2, 0) is 20.4 Å². The largest absolute Gasteiger partial charge is 2.00 e. The molecule has 0 heterocycles. The Balaban J connectivity index is 0.00000408. The van der Waals surface area contributed by atoms with Crippen LogP contribution >= 0.6 is 0 Å². The number of benzene rings is 2. The molecule has 2 aromatic carbocycles. The van der Waals surface area contributed by atoms with E-state index in [4.69, 9.17) is 9.98 Å². The molecule has 0 spiro atoms. The number of aliphatic imine (C=N–C) groups is 2. The van der Waals surface area contributed by atoms with Gasteiger partial charge in [0, 0.05) is 24.3 Å². The van der Waals surface area contributed by atoms with E-state index in [0.29, 0.717) is 35.5 Å². The summed E-state index contributed by atoms with van der Waals surface area (Å²) in [6.45, 7) is 18.1. The summed E-state index contributed by atoms with van der Waals surface area (Å²) in [6, 6.07) is 13.3. The van der Waals surface area contributed by atoms with Crippen molar-refractivity contribution < 1.29 is 20.4 Å². The first-order valence-corrected chi connectivity index (χ1v) is 13.0. The quantitative estimate of drug-likeness (QED) is 0.168. The van der Waals surface area contributed by atoms with E-state index >= 15 is 0 Å². The van der Waals surface area contributed by atoms with Crippen molar-refractivity contribution in [2.45, 2.75) is 98.3 Å². The summed E-state index contributed by atoms with van der Waals surface area (Å²) in [5.41, 5.74) is 7.80. The topological polar surface area (TPSA) is 24.7 Å². The molecule has 202 valence electrons. The zero-order valence-electron chi connectivity index (χ0n) is 24.4. The Hall–Kier alpha value is -1.56. The number of nitrogens with zero attached hydrogens (tertiary/aromatic N) is 2. The summed E-state index contributed by atoms with van der Waals surface area (Å²) in [5, 5.41) is 0. The Morgan fingerprint density at radius 2 is 0.861 bits per heavy atom. The van der Waals surface area contributed by atoms with Crippen LogP contribution in [-0.4, -0.2) is 12.4 Å². The average Bonchev–Trinajstić information content (AvgIpc) is 3.22. The summed E-state index contributed by atoms with van der Waals surface area (Å²) in [7, 11) is 0. The van der Waals surface area contributed by atoms with Crippen molar-refractivity contribution in [3.8, 4) is 0 Å². The minimum Gasteiger partial charge on any atom is -0.358 e. The number of rotatable bonds is 8. The standard InChI is InChI=1S/C31H44N2.2CH3.Pd/c1-20(2)26-14-10-15-27(21(3)4)30(26)32-18-24-12-9-13-25(24)19-33-31-28(22(5)6)16-11-17-29(31)23(7)8;;;/h10-11,14-25H,9,12-13H2,1-8H3;2*1H3;/q;2*-1;+2. The van der Waals surface area contributed by atoms with Gasteiger partial charge in [-0.1, -0.05) is 98.2 Å². The molecular weight excluding hydrogens is 531 g/mol. The van der Waals surface area contributed by atoms with E-state index in [1.165, 1.54) is 52.9 Å². The molecule has 0 aliphatic heterocycles. The molecule has 1 aliphatic rings. The third-order valence-electron chi connectivity index (χ3n) is 7.10. The van der Waals surface area contributed by atoms with Crippen LogP contribution in [0.1, 0.15) is 121 Å². The maximum Gasteiger partial charge on any atom is 2.00 e. The fourth-order valence-electron chi connectivity index (χ4n) is 5.05. The zero-order valence-corrected chi connectivity index (χ0v) is 26.0. The normalized spacial score (nSPS) is 17.8. The summed E-state index contributed by atoms with van der Waals surface area (Å²) in [4.78, 5) is 10.3. The maximum absolute atomic E-state index is 5.14. The van der Waals surface area contributed by atoms with E-state index < -0.39 is 0 Å². The van der Waals surface area contributed by atoms with Crippen LogP contribution in [0.4, 0.5) is 11.4 Å². The van der Waals surface area contributed by atoms with Crippen molar-refractivity contribution >= 4 is 23.8 Å². The van der Waals surface area contributed by atoms with E-state index in [1.807, 2.05) is 0 Å². The first-order valence-electron chi connectivity index (χ1n) is 13.0. The van der Waals surface area contributed by atoms with Crippen LogP contribution in [0.5, 0.6) is 0 Å². The van der Waals surface area contributed by atoms with E-state index in [0.717, 1.165) is 0 Å². The molecule has 0 N–H and O–H groups in total. The molecule has 0 radical (unpaired) electrons. The second kappa shape index (κ2) is 15.6. The van der Waals surface area contributed by atoms with Gasteiger partial charge in [-0.15, -0.1) is 0 Å². The van der Waals surface area contributed by atoms with Crippen LogP contribution in [0.15, 0.2) is 46.4 Å². The second-order valence-corrected chi connectivity index (χ2v) is 11.0. The van der Waals surface area contributed by atoms with Gasteiger partial charge >= 0.3 is 20.4 Å². The van der Waals surface area contributed by atoms with Crippen LogP contribution in [0.3, 0.4) is 0 Å². The van der Waals surface area contributed by atoms with Crippen LogP contribution in [0.25, 0.3) is 0 Å². The molecule has 3 heteroatoms. The minimum atomic E-state index is 0. The predicted octanol–water partition coefficient (Wildman–Crippen LogP) is 10.6. The van der Waals surface area contributed by atoms with Crippen molar-refractivity contribution in [3.05, 3.63) is 73.5 Å². The number of para-hydroxylation sites is 2. The van der Waals surface area contributed by atoms with Crippen molar-refractivity contribution in [2.75, 3.05) is 0 Å². The summed E-state index contributed by atoms with van der Waals surface area (Å²) >= 11 is 0. The zero-order chi connectivity index (χ0) is 24.1. The Morgan fingerprint density at radius 3 is 1.11 bits per heavy atom. The summed E-state index contributed by atoms with van der Waals surface area (Å²) < 4.78 is 0. The van der Waals surface area contributed by atoms with Gasteiger partial charge in [-0.2, -0.15) is 0 Å². The van der Waals surface area contributed by atoms with Gasteiger partial charge in [0.15, 0.2) is 0 Å². The monoisotopic (exact) mass is 580 g/mol. The van der Waals surface area contributed by atoms with Crippen LogP contribution < -0.4 is 0 Å². The van der Waals surface area contributed by atoms with Gasteiger partial charge in [0.25, 0.3) is 0 Å². The van der Waals surface area contributed by atoms with Crippen molar-refractivity contribution in [2.24, 2.45) is 21.8 Å². The molecule has 1 aliphatic carbocycles. The molecule has 1 fully saturated rings. The molecular formula is C33H50N2Pd. The number of hydrogen-bond donors (Lipinski definition) is 0. The first kappa shape index (κ1) is 34.4. The molecule has 36 heavy (non-hydrogen) atoms. The molecule has 2 aromatic rings. The maximum atomic E-state index is 5.14. The van der Waals surface area contributed by atoms with E-state index in [-0.39, 0.29) is 35.3 Å². The van der Waals surface area contributed by atoms with Gasteiger partial charge in [0.2, 0.25) is 0 Å². The predicted molar refractivity (Wildman–Crippen MR) is 159 cm³/mol. The Kier molecular flexibility index (Phi) is 15.0. The molecule has 0 saturated heterocycles. The van der Waals surface area contributed by atoms with Crippen molar-refractivity contribution in [3.63, 3.8) is 0 Å². The third kappa shape index (κ3) is 8.23. The van der Waals surface area contributed by atoms with Gasteiger partial charge in [-0.3, -0.25) is 9.98 Å². The molecule has 1 saturated carbocycles. The smallest absolute Gasteiger partial charge is 0.358 e. The summed E-state index contributed by atoms with van der Waals surface area (Å²) in [5.74, 6) is 2.81. The Labute approximate surface area is 237 Å². The van der Waals surface area contributed by atoms with Crippen LogP contribution in [0, 0.1) is 26.7 Å². The van der Waals surface area contributed by atoms with Gasteiger partial charge in [0.1, 0.15) is 0 Å². The molecule has 0 bridgehead atoms. The van der Waals surface area contributed by atoms with Gasteiger partial charge in [0.05, 0.1) is 11.4 Å². The van der Waals surface area contributed by atoms with E-state index in [2.05, 4.69) is 104 Å². The molecule has 0 aromatic heterocycles. The average molecular weight is 581 g/mol. The molecule has 0 amide bonds. The molecule has 3 rings (SSSR count). The fraction of sp³-hybridized carbons (Fsp3) is 0.515. The van der Waals surface area contributed by atoms with Crippen molar-refractivity contribution in [1.29, 1.82) is 0 Å². The summed E-state index contributed by atoms with van der Waals surface area (Å²) in [6.07, 6.45) is 8.13.